The molecule has 22 heteroatoms. The minimum atomic E-state index is -2.14. The highest BCUT2D eigenvalue weighted by molar-refractivity contribution is 5.88. The Hall–Kier alpha value is -4.40. The minimum Gasteiger partial charge on any atom is -0.507 e. The van der Waals surface area contributed by atoms with Crippen LogP contribution in [0.3, 0.4) is 0 Å². The topological polar surface area (TPSA) is 366 Å². The van der Waals surface area contributed by atoms with Crippen LogP contribution in [0.4, 0.5) is 0 Å². The summed E-state index contributed by atoms with van der Waals surface area (Å²) in [5.41, 5.74) is -1.84. The molecule has 22 nitrogen and oxygen atoms in total. The van der Waals surface area contributed by atoms with Crippen LogP contribution in [0.25, 0.3) is 22.3 Å². The van der Waals surface area contributed by atoms with Crippen molar-refractivity contribution in [1.29, 1.82) is 0 Å². The summed E-state index contributed by atoms with van der Waals surface area (Å²) < 4.78 is 38.6. The normalized spacial score (nSPS) is 36.7. The molecule has 0 amide bonds. The van der Waals surface area contributed by atoms with Gasteiger partial charge < -0.3 is 99.2 Å². The number of hydrogen-bond acceptors (Lipinski definition) is 21. The monoisotopic (exact) mass is 786 g/mol. The molecule has 15 atom stereocenters. The molecule has 0 aliphatic carbocycles. The van der Waals surface area contributed by atoms with E-state index < -0.39 is 150 Å². The van der Waals surface area contributed by atoms with Crippen LogP contribution in [-0.2, 0) is 23.7 Å². The average Bonchev–Trinajstić information content (AvgIpc) is 3.14. The first kappa shape index (κ1) is 40.3. The maximum absolute atomic E-state index is 13.9. The molecular weight excluding hydrogens is 748 g/mol. The van der Waals surface area contributed by atoms with Gasteiger partial charge in [-0.05, 0) is 25.1 Å². The summed E-state index contributed by atoms with van der Waals surface area (Å²) in [7, 11) is 0. The summed E-state index contributed by atoms with van der Waals surface area (Å²) in [4.78, 5) is 25.6. The number of carboxylic acids is 1. The molecule has 6 rings (SSSR count). The standard InChI is InChI=1S/C33H38O22/c1-8-17(37)20(40)24(44)31(50-8)49-7-15-18(38)21(41)25(45)32(53-15)51-10-5-13(36)16-14(6-10)52-27(9-2-3-11(34)12(35)4-9)28(19(16)39)54-33-26(46)22(42)23(43)29(55-33)30(47)48/h2-6,8,15,17-18,20-26,29,31-38,40-46H,7H2,1H3,(H,47,48)/t8-,15?,17-,18+,20?,21-,22?,23-,24?,25?,26?,29?,31+,32+,33+/m0/s1. The van der Waals surface area contributed by atoms with Gasteiger partial charge in [-0.2, -0.15) is 0 Å². The summed E-state index contributed by atoms with van der Waals surface area (Å²) in [6.07, 6.45) is -26.9. The second-order valence-corrected chi connectivity index (χ2v) is 13.1. The van der Waals surface area contributed by atoms with E-state index >= 15 is 0 Å². The van der Waals surface area contributed by atoms with E-state index in [0.717, 1.165) is 30.3 Å². The molecule has 0 spiro atoms. The lowest BCUT2D eigenvalue weighted by molar-refractivity contribution is -0.318. The number of rotatable bonds is 9. The van der Waals surface area contributed by atoms with Gasteiger partial charge >= 0.3 is 5.97 Å². The van der Waals surface area contributed by atoms with Crippen LogP contribution in [0.5, 0.6) is 28.7 Å². The van der Waals surface area contributed by atoms with Gasteiger partial charge in [-0.15, -0.1) is 0 Å². The van der Waals surface area contributed by atoms with Crippen molar-refractivity contribution in [2.45, 2.75) is 99.0 Å². The molecule has 0 radical (unpaired) electrons. The zero-order valence-electron chi connectivity index (χ0n) is 28.2. The van der Waals surface area contributed by atoms with Gasteiger partial charge in [0.1, 0.15) is 83.5 Å². The Balaban J connectivity index is 1.32. The van der Waals surface area contributed by atoms with Crippen molar-refractivity contribution in [2.75, 3.05) is 6.61 Å². The molecule has 7 unspecified atom stereocenters. The predicted molar refractivity (Wildman–Crippen MR) is 173 cm³/mol. The lowest BCUT2D eigenvalue weighted by atomic mass is 9.98. The summed E-state index contributed by atoms with van der Waals surface area (Å²) in [5.74, 6) is -5.74. The molecule has 0 saturated carbocycles. The number of benzene rings is 2. The van der Waals surface area contributed by atoms with Crippen molar-refractivity contribution in [3.8, 4) is 40.1 Å². The van der Waals surface area contributed by atoms with Crippen LogP contribution in [0, 0.1) is 0 Å². The minimum absolute atomic E-state index is 0.176. The number of hydrogen-bond donors (Lipinski definition) is 13. The number of aliphatic carboxylic acids is 1. The molecule has 13 N–H and O–H groups in total. The molecule has 1 aromatic heterocycles. The Bertz CT molecular complexity index is 1940. The Kier molecular flexibility index (Phi) is 11.4. The van der Waals surface area contributed by atoms with Crippen molar-refractivity contribution >= 4 is 16.9 Å². The third kappa shape index (κ3) is 7.60. The third-order valence-electron chi connectivity index (χ3n) is 9.34. The zero-order chi connectivity index (χ0) is 40.2. The zero-order valence-corrected chi connectivity index (χ0v) is 28.2. The number of fused-ring (bicyclic) bond motifs is 1. The Morgan fingerprint density at radius 2 is 1.29 bits per heavy atom. The Labute approximate surface area is 307 Å². The number of aromatic hydroxyl groups is 3. The summed E-state index contributed by atoms with van der Waals surface area (Å²) >= 11 is 0. The molecule has 4 heterocycles. The first-order valence-electron chi connectivity index (χ1n) is 16.5. The fourth-order valence-electron chi connectivity index (χ4n) is 6.18. The summed E-state index contributed by atoms with van der Waals surface area (Å²) in [6.45, 7) is 0.788. The Morgan fingerprint density at radius 3 is 1.95 bits per heavy atom. The first-order valence-corrected chi connectivity index (χ1v) is 16.5. The number of phenols is 3. The Morgan fingerprint density at radius 1 is 0.673 bits per heavy atom. The summed E-state index contributed by atoms with van der Waals surface area (Å²) in [6, 6.07) is 4.92. The smallest absolute Gasteiger partial charge is 0.335 e. The molecule has 2 aromatic carbocycles. The second kappa shape index (κ2) is 15.6. The van der Waals surface area contributed by atoms with Crippen LogP contribution in [0.2, 0.25) is 0 Å². The number of aliphatic hydroxyl groups excluding tert-OH is 9. The van der Waals surface area contributed by atoms with Crippen molar-refractivity contribution in [3.63, 3.8) is 0 Å². The molecule has 3 aliphatic rings. The van der Waals surface area contributed by atoms with Crippen molar-refractivity contribution in [1.82, 2.24) is 0 Å². The predicted octanol–water partition coefficient (Wildman–Crippen LogP) is -4.12. The molecular formula is C33H38O22. The molecule has 0 bridgehead atoms. The van der Waals surface area contributed by atoms with Gasteiger partial charge in [-0.3, -0.25) is 4.79 Å². The maximum atomic E-state index is 13.9. The van der Waals surface area contributed by atoms with E-state index in [1.54, 1.807) is 0 Å². The van der Waals surface area contributed by atoms with Gasteiger partial charge in [0.15, 0.2) is 29.7 Å². The van der Waals surface area contributed by atoms with E-state index in [2.05, 4.69) is 0 Å². The van der Waals surface area contributed by atoms with Crippen molar-refractivity contribution < 1.29 is 104 Å². The second-order valence-electron chi connectivity index (χ2n) is 13.1. The molecule has 302 valence electrons. The van der Waals surface area contributed by atoms with Gasteiger partial charge in [-0.1, -0.05) is 0 Å². The molecule has 3 fully saturated rings. The van der Waals surface area contributed by atoms with Crippen molar-refractivity contribution in [3.05, 3.63) is 40.6 Å². The number of ether oxygens (including phenoxy) is 6. The number of aliphatic hydroxyl groups is 9. The lowest BCUT2D eigenvalue weighted by Crippen LogP contribution is -2.61. The van der Waals surface area contributed by atoms with Gasteiger partial charge in [0.05, 0.1) is 12.7 Å². The highest BCUT2D eigenvalue weighted by Gasteiger charge is 2.50. The highest BCUT2D eigenvalue weighted by atomic mass is 16.7. The van der Waals surface area contributed by atoms with E-state index in [-0.39, 0.29) is 11.3 Å². The maximum Gasteiger partial charge on any atom is 0.335 e. The summed E-state index contributed by atoms with van der Waals surface area (Å²) in [5, 5.41) is 133. The van der Waals surface area contributed by atoms with Crippen LogP contribution in [0.1, 0.15) is 6.92 Å². The number of phenolic OH excluding ortho intramolecular Hbond substituents is 3. The van der Waals surface area contributed by atoms with E-state index in [4.69, 9.17) is 32.8 Å². The molecule has 3 aromatic rings. The van der Waals surface area contributed by atoms with Crippen molar-refractivity contribution in [2.24, 2.45) is 0 Å². The third-order valence-corrected chi connectivity index (χ3v) is 9.34. The van der Waals surface area contributed by atoms with E-state index in [1.165, 1.54) is 6.92 Å². The van der Waals surface area contributed by atoms with Crippen LogP contribution in [0.15, 0.2) is 39.5 Å². The van der Waals surface area contributed by atoms with Gasteiger partial charge in [0.25, 0.3) is 0 Å². The van der Waals surface area contributed by atoms with Gasteiger partial charge in [0.2, 0.25) is 23.8 Å². The first-order chi connectivity index (χ1) is 25.9. The fourth-order valence-corrected chi connectivity index (χ4v) is 6.18. The largest absolute Gasteiger partial charge is 0.507 e. The average molecular weight is 787 g/mol. The molecule has 3 saturated heterocycles. The quantitative estimate of drug-likeness (QED) is 0.0916. The fraction of sp³-hybridized carbons (Fsp3) is 0.515. The van der Waals surface area contributed by atoms with Gasteiger partial charge in [0, 0.05) is 17.7 Å². The van der Waals surface area contributed by atoms with E-state index in [0.29, 0.717) is 0 Å². The van der Waals surface area contributed by atoms with Crippen LogP contribution >= 0.6 is 0 Å². The lowest BCUT2D eigenvalue weighted by Gasteiger charge is -2.42. The van der Waals surface area contributed by atoms with E-state index in [1.807, 2.05) is 0 Å². The molecule has 3 aliphatic heterocycles. The number of carboxylic acid groups (broad SMARTS) is 1. The SMILES string of the molecule is C[C@@H]1O[C@@H](OCC2O[C@@H](Oc3cc(O)c4c(=O)c(O[C@@H]5OC(C(=O)O)[C@@H](O)C(O)C5O)c(-c5ccc(O)c(O)c5)oc4c3)C(O)[C@@H](O)[C@@H]2O)C(O)C(O)[C@H]1O. The van der Waals surface area contributed by atoms with Crippen LogP contribution in [-0.4, -0.2) is 171 Å². The highest BCUT2D eigenvalue weighted by Crippen LogP contribution is 2.40. The van der Waals surface area contributed by atoms with E-state index in [9.17, 15) is 76.0 Å². The van der Waals surface area contributed by atoms with Crippen LogP contribution < -0.4 is 14.9 Å². The molecule has 55 heavy (non-hydrogen) atoms. The van der Waals surface area contributed by atoms with Gasteiger partial charge in [-0.25, -0.2) is 4.79 Å². The number of carbonyl (C=O) groups is 1.